The molecule has 34 heavy (non-hydrogen) atoms. The van der Waals surface area contributed by atoms with Crippen molar-refractivity contribution in [1.82, 2.24) is 0 Å². The number of anilines is 2. The molecule has 0 saturated carbocycles. The van der Waals surface area contributed by atoms with Gasteiger partial charge >= 0.3 is 0 Å². The Labute approximate surface area is 204 Å². The minimum Gasteiger partial charge on any atom is -0.372 e. The number of sulfonamides is 2. The van der Waals surface area contributed by atoms with Crippen molar-refractivity contribution in [2.45, 2.75) is 51.3 Å². The maximum absolute atomic E-state index is 13.8. The van der Waals surface area contributed by atoms with Gasteiger partial charge in [-0.2, -0.15) is 3.71 Å². The Kier molecular flexibility index (Phi) is 7.43. The van der Waals surface area contributed by atoms with Gasteiger partial charge < -0.3 is 4.90 Å². The van der Waals surface area contributed by atoms with E-state index in [4.69, 9.17) is 0 Å². The van der Waals surface area contributed by atoms with Crippen molar-refractivity contribution in [3.8, 4) is 0 Å². The van der Waals surface area contributed by atoms with Crippen LogP contribution in [-0.2, 0) is 20.0 Å². The molecule has 0 bridgehead atoms. The van der Waals surface area contributed by atoms with Crippen molar-refractivity contribution >= 4 is 31.4 Å². The molecular formula is C26H32N2O4S2. The van der Waals surface area contributed by atoms with E-state index in [-0.39, 0.29) is 15.5 Å². The van der Waals surface area contributed by atoms with Gasteiger partial charge in [0.1, 0.15) is 0 Å². The van der Waals surface area contributed by atoms with E-state index in [2.05, 4.69) is 4.90 Å². The minimum atomic E-state index is -4.43. The van der Waals surface area contributed by atoms with Gasteiger partial charge in [0.2, 0.25) is 0 Å². The topological polar surface area (TPSA) is 74.8 Å². The highest BCUT2D eigenvalue weighted by molar-refractivity contribution is 8.10. The van der Waals surface area contributed by atoms with Crippen LogP contribution in [0.2, 0.25) is 0 Å². The first-order valence-electron chi connectivity index (χ1n) is 11.2. The quantitative estimate of drug-likeness (QED) is 0.417. The van der Waals surface area contributed by atoms with Crippen LogP contribution in [0.3, 0.4) is 0 Å². The van der Waals surface area contributed by atoms with Crippen molar-refractivity contribution in [2.24, 2.45) is 0 Å². The van der Waals surface area contributed by atoms with Gasteiger partial charge in [0.25, 0.3) is 20.0 Å². The zero-order valence-electron chi connectivity index (χ0n) is 20.5. The Morgan fingerprint density at radius 2 is 0.941 bits per heavy atom. The molecule has 0 unspecified atom stereocenters. The molecule has 0 aliphatic heterocycles. The van der Waals surface area contributed by atoms with Crippen molar-refractivity contribution < 1.29 is 16.8 Å². The van der Waals surface area contributed by atoms with E-state index in [0.717, 1.165) is 41.0 Å². The SMILES string of the molecule is CCN(CC)c1ccc(N(S(=O)(=O)c2ccc(C)c(C)c2)S(=O)(=O)c2ccc(C)c(C)c2)cc1. The second-order valence-electron chi connectivity index (χ2n) is 8.39. The summed E-state index contributed by atoms with van der Waals surface area (Å²) < 4.78 is 55.9. The third kappa shape index (κ3) is 4.83. The van der Waals surface area contributed by atoms with Crippen molar-refractivity contribution in [2.75, 3.05) is 21.7 Å². The molecule has 6 nitrogen and oxygen atoms in total. The van der Waals surface area contributed by atoms with Crippen molar-refractivity contribution in [3.05, 3.63) is 82.9 Å². The Hall–Kier alpha value is -2.84. The number of hydrogen-bond donors (Lipinski definition) is 0. The number of aryl methyl sites for hydroxylation is 4. The monoisotopic (exact) mass is 500 g/mol. The predicted octanol–water partition coefficient (Wildman–Crippen LogP) is 5.35. The highest BCUT2D eigenvalue weighted by Gasteiger charge is 2.37. The van der Waals surface area contributed by atoms with Gasteiger partial charge in [0.15, 0.2) is 0 Å². The van der Waals surface area contributed by atoms with Crippen LogP contribution in [-0.4, -0.2) is 29.9 Å². The molecule has 0 N–H and O–H groups in total. The molecule has 3 aromatic carbocycles. The normalized spacial score (nSPS) is 11.9. The third-order valence-corrected chi connectivity index (χ3v) is 10.3. The van der Waals surface area contributed by atoms with Gasteiger partial charge in [-0.3, -0.25) is 0 Å². The summed E-state index contributed by atoms with van der Waals surface area (Å²) in [6.07, 6.45) is 0. The first kappa shape index (κ1) is 25.8. The Balaban J connectivity index is 2.25. The molecule has 0 aliphatic rings. The standard InChI is InChI=1S/C26H32N2O4S2/c1-7-27(8-2)23-11-13-24(14-12-23)28(33(29,30)25-15-9-19(3)21(5)17-25)34(31,32)26-16-10-20(4)22(6)18-26/h9-18H,7-8H2,1-6H3. The molecule has 8 heteroatoms. The highest BCUT2D eigenvalue weighted by atomic mass is 32.3. The van der Waals surface area contributed by atoms with Crippen LogP contribution in [0.15, 0.2) is 70.5 Å². The molecule has 0 atom stereocenters. The van der Waals surface area contributed by atoms with E-state index in [1.807, 2.05) is 27.7 Å². The minimum absolute atomic E-state index is 0.0624. The second-order valence-corrected chi connectivity index (χ2v) is 12.2. The predicted molar refractivity (Wildman–Crippen MR) is 139 cm³/mol. The lowest BCUT2D eigenvalue weighted by Crippen LogP contribution is -2.37. The Morgan fingerprint density at radius 3 is 1.29 bits per heavy atom. The molecular weight excluding hydrogens is 468 g/mol. The van der Waals surface area contributed by atoms with E-state index >= 15 is 0 Å². The van der Waals surface area contributed by atoms with Crippen LogP contribution in [0, 0.1) is 27.7 Å². The summed E-state index contributed by atoms with van der Waals surface area (Å²) >= 11 is 0. The molecule has 0 spiro atoms. The lowest BCUT2D eigenvalue weighted by atomic mass is 10.1. The first-order valence-corrected chi connectivity index (χ1v) is 14.1. The lowest BCUT2D eigenvalue weighted by molar-refractivity contribution is 0.584. The maximum Gasteiger partial charge on any atom is 0.277 e. The molecule has 0 saturated heterocycles. The average Bonchev–Trinajstić information content (AvgIpc) is 2.79. The van der Waals surface area contributed by atoms with E-state index < -0.39 is 20.0 Å². The fourth-order valence-electron chi connectivity index (χ4n) is 3.72. The van der Waals surface area contributed by atoms with Gasteiger partial charge in [-0.25, -0.2) is 16.8 Å². The van der Waals surface area contributed by atoms with Gasteiger partial charge in [0.05, 0.1) is 15.5 Å². The van der Waals surface area contributed by atoms with Crippen LogP contribution < -0.4 is 8.61 Å². The summed E-state index contributed by atoms with van der Waals surface area (Å²) in [5.74, 6) is 0. The Morgan fingerprint density at radius 1 is 0.559 bits per heavy atom. The van der Waals surface area contributed by atoms with E-state index in [1.165, 1.54) is 24.3 Å². The fraction of sp³-hybridized carbons (Fsp3) is 0.308. The molecule has 182 valence electrons. The summed E-state index contributed by atoms with van der Waals surface area (Å²) in [4.78, 5) is 1.95. The lowest BCUT2D eigenvalue weighted by Gasteiger charge is -2.26. The first-order chi connectivity index (χ1) is 15.9. The van der Waals surface area contributed by atoms with Crippen LogP contribution in [0.4, 0.5) is 11.4 Å². The van der Waals surface area contributed by atoms with Crippen LogP contribution in [0.25, 0.3) is 0 Å². The fourth-order valence-corrected chi connectivity index (χ4v) is 7.58. The van der Waals surface area contributed by atoms with Crippen molar-refractivity contribution in [1.29, 1.82) is 0 Å². The summed E-state index contributed by atoms with van der Waals surface area (Å²) in [6, 6.07) is 15.9. The number of nitrogens with zero attached hydrogens (tertiary/aromatic N) is 2. The summed E-state index contributed by atoms with van der Waals surface area (Å²) in [5, 5.41) is 0. The van der Waals surface area contributed by atoms with Gasteiger partial charge in [-0.05, 0) is 112 Å². The molecule has 0 aromatic heterocycles. The van der Waals surface area contributed by atoms with Crippen LogP contribution >= 0.6 is 0 Å². The zero-order chi connectivity index (χ0) is 25.3. The summed E-state index contributed by atoms with van der Waals surface area (Å²) in [7, 11) is -8.87. The van der Waals surface area contributed by atoms with E-state index in [9.17, 15) is 16.8 Å². The molecule has 0 amide bonds. The largest absolute Gasteiger partial charge is 0.372 e. The van der Waals surface area contributed by atoms with Gasteiger partial charge in [0, 0.05) is 18.8 Å². The molecule has 3 rings (SSSR count). The average molecular weight is 501 g/mol. The molecule has 0 fully saturated rings. The summed E-state index contributed by atoms with van der Waals surface area (Å²) in [6.45, 7) is 13.0. The van der Waals surface area contributed by atoms with Crippen molar-refractivity contribution in [3.63, 3.8) is 0 Å². The van der Waals surface area contributed by atoms with E-state index in [0.29, 0.717) is 3.71 Å². The zero-order valence-corrected chi connectivity index (χ0v) is 22.2. The van der Waals surface area contributed by atoms with Gasteiger partial charge in [-0.1, -0.05) is 12.1 Å². The second kappa shape index (κ2) is 9.80. The highest BCUT2D eigenvalue weighted by Crippen LogP contribution is 2.33. The number of rotatable bonds is 8. The smallest absolute Gasteiger partial charge is 0.277 e. The van der Waals surface area contributed by atoms with Crippen LogP contribution in [0.5, 0.6) is 0 Å². The molecule has 0 radical (unpaired) electrons. The molecule has 0 aliphatic carbocycles. The van der Waals surface area contributed by atoms with Crippen LogP contribution in [0.1, 0.15) is 36.1 Å². The molecule has 3 aromatic rings. The van der Waals surface area contributed by atoms with E-state index in [1.54, 1.807) is 50.2 Å². The third-order valence-electron chi connectivity index (χ3n) is 6.18. The number of benzene rings is 3. The summed E-state index contributed by atoms with van der Waals surface area (Å²) in [5.41, 5.74) is 4.33. The molecule has 0 heterocycles. The van der Waals surface area contributed by atoms with Gasteiger partial charge in [-0.15, -0.1) is 0 Å². The maximum atomic E-state index is 13.8. The Bertz CT molecular complexity index is 1310. The number of hydrogen-bond acceptors (Lipinski definition) is 5.